The van der Waals surface area contributed by atoms with Gasteiger partial charge in [-0.3, -0.25) is 0 Å². The minimum atomic E-state index is 0.454. The highest BCUT2D eigenvalue weighted by Crippen LogP contribution is 2.11. The third kappa shape index (κ3) is 6.87. The molecule has 0 unspecified atom stereocenters. The third-order valence-electron chi connectivity index (χ3n) is 2.08. The van der Waals surface area contributed by atoms with Crippen LogP contribution in [0.25, 0.3) is 0 Å². The normalized spacial score (nSPS) is 10.9. The molecule has 0 aliphatic carbocycles. The molecule has 0 saturated heterocycles. The van der Waals surface area contributed by atoms with Gasteiger partial charge >= 0.3 is 0 Å². The van der Waals surface area contributed by atoms with Gasteiger partial charge in [-0.05, 0) is 5.92 Å². The van der Waals surface area contributed by atoms with Gasteiger partial charge in [0.05, 0.1) is 26.4 Å². The molecule has 2 nitrogen and oxygen atoms in total. The van der Waals surface area contributed by atoms with E-state index in [-0.39, 0.29) is 0 Å². The first kappa shape index (κ1) is 13.4. The van der Waals surface area contributed by atoms with Crippen molar-refractivity contribution in [1.29, 1.82) is 0 Å². The highest BCUT2D eigenvalue weighted by atomic mass is 16.5. The molecule has 0 aromatic carbocycles. The third-order valence-corrected chi connectivity index (χ3v) is 2.08. The van der Waals surface area contributed by atoms with E-state index in [0.29, 0.717) is 25.0 Å². The van der Waals surface area contributed by atoms with Gasteiger partial charge in [0.25, 0.3) is 0 Å². The lowest BCUT2D eigenvalue weighted by Gasteiger charge is -2.20. The van der Waals surface area contributed by atoms with Crippen LogP contribution >= 0.6 is 0 Å². The second kappa shape index (κ2) is 8.97. The van der Waals surface area contributed by atoms with Crippen LogP contribution in [0.4, 0.5) is 0 Å². The van der Waals surface area contributed by atoms with Gasteiger partial charge in [0, 0.05) is 5.92 Å². The molecule has 0 aliphatic rings. The summed E-state index contributed by atoms with van der Waals surface area (Å²) in [4.78, 5) is 0. The summed E-state index contributed by atoms with van der Waals surface area (Å²) in [6, 6.07) is 0. The average Bonchev–Trinajstić information content (AvgIpc) is 2.15. The largest absolute Gasteiger partial charge is 0.377 e. The molecular formula is C12H22O2. The monoisotopic (exact) mass is 198 g/mol. The Kier molecular flexibility index (Phi) is 8.59. The fraction of sp³-hybridized carbons (Fsp3) is 0.667. The topological polar surface area (TPSA) is 18.5 Å². The van der Waals surface area contributed by atoms with E-state index in [1.165, 1.54) is 0 Å². The first-order valence-corrected chi connectivity index (χ1v) is 5.09. The molecule has 0 atom stereocenters. The van der Waals surface area contributed by atoms with Gasteiger partial charge in [0.2, 0.25) is 0 Å². The Bertz CT molecular complexity index is 138. The van der Waals surface area contributed by atoms with E-state index in [1.54, 1.807) is 12.2 Å². The average molecular weight is 198 g/mol. The molecule has 0 rings (SSSR count). The fourth-order valence-electron chi connectivity index (χ4n) is 1.04. The molecule has 82 valence electrons. The molecule has 0 saturated carbocycles. The second-order valence-electron chi connectivity index (χ2n) is 3.66. The van der Waals surface area contributed by atoms with Crippen molar-refractivity contribution in [2.24, 2.45) is 11.8 Å². The van der Waals surface area contributed by atoms with Crippen molar-refractivity contribution >= 4 is 0 Å². The molecule has 0 aromatic heterocycles. The van der Waals surface area contributed by atoms with Crippen LogP contribution in [0.1, 0.15) is 13.8 Å². The number of ether oxygens (including phenoxy) is 2. The smallest absolute Gasteiger partial charge is 0.0644 e. The maximum Gasteiger partial charge on any atom is 0.0644 e. The second-order valence-corrected chi connectivity index (χ2v) is 3.66. The van der Waals surface area contributed by atoms with Gasteiger partial charge in [-0.1, -0.05) is 26.0 Å². The lowest BCUT2D eigenvalue weighted by atomic mass is 9.98. The van der Waals surface area contributed by atoms with E-state index in [1.807, 2.05) is 0 Å². The molecule has 0 radical (unpaired) electrons. The van der Waals surface area contributed by atoms with Crippen molar-refractivity contribution in [1.82, 2.24) is 0 Å². The van der Waals surface area contributed by atoms with E-state index in [2.05, 4.69) is 27.0 Å². The lowest BCUT2D eigenvalue weighted by molar-refractivity contribution is 0.0391. The minimum Gasteiger partial charge on any atom is -0.377 e. The molecule has 0 bridgehead atoms. The molecule has 0 fully saturated rings. The molecular weight excluding hydrogens is 176 g/mol. The van der Waals surface area contributed by atoms with E-state index < -0.39 is 0 Å². The Morgan fingerprint density at radius 1 is 1.00 bits per heavy atom. The maximum absolute atomic E-state index is 5.41. The zero-order valence-corrected chi connectivity index (χ0v) is 9.37. The Labute approximate surface area is 87.6 Å². The Morgan fingerprint density at radius 2 is 1.43 bits per heavy atom. The van der Waals surface area contributed by atoms with Crippen LogP contribution in [0.15, 0.2) is 25.3 Å². The fourth-order valence-corrected chi connectivity index (χ4v) is 1.04. The molecule has 0 heterocycles. The SMILES string of the molecule is C=CCOCC(COCC=C)C(C)C. The summed E-state index contributed by atoms with van der Waals surface area (Å²) in [6.07, 6.45) is 3.53. The van der Waals surface area contributed by atoms with Crippen molar-refractivity contribution in [3.8, 4) is 0 Å². The predicted octanol–water partition coefficient (Wildman–Crippen LogP) is 2.66. The van der Waals surface area contributed by atoms with Gasteiger partial charge < -0.3 is 9.47 Å². The van der Waals surface area contributed by atoms with Gasteiger partial charge in [-0.25, -0.2) is 0 Å². The number of hydrogen-bond donors (Lipinski definition) is 0. The van der Waals surface area contributed by atoms with E-state index in [4.69, 9.17) is 9.47 Å². The minimum absolute atomic E-state index is 0.454. The van der Waals surface area contributed by atoms with Gasteiger partial charge in [-0.15, -0.1) is 13.2 Å². The number of hydrogen-bond acceptors (Lipinski definition) is 2. The molecule has 0 aromatic rings. The van der Waals surface area contributed by atoms with E-state index in [0.717, 1.165) is 13.2 Å². The zero-order chi connectivity index (χ0) is 10.8. The van der Waals surface area contributed by atoms with Crippen LogP contribution in [0.5, 0.6) is 0 Å². The lowest BCUT2D eigenvalue weighted by Crippen LogP contribution is -2.21. The Balaban J connectivity index is 3.65. The van der Waals surface area contributed by atoms with Crippen LogP contribution < -0.4 is 0 Å². The molecule has 2 heteroatoms. The first-order valence-electron chi connectivity index (χ1n) is 5.09. The van der Waals surface area contributed by atoms with Crippen molar-refractivity contribution in [2.75, 3.05) is 26.4 Å². The van der Waals surface area contributed by atoms with Gasteiger partial charge in [0.1, 0.15) is 0 Å². The zero-order valence-electron chi connectivity index (χ0n) is 9.37. The van der Waals surface area contributed by atoms with Gasteiger partial charge in [0.15, 0.2) is 0 Å². The van der Waals surface area contributed by atoms with E-state index in [9.17, 15) is 0 Å². The van der Waals surface area contributed by atoms with Crippen LogP contribution in [0, 0.1) is 11.8 Å². The summed E-state index contributed by atoms with van der Waals surface area (Å²) < 4.78 is 10.8. The van der Waals surface area contributed by atoms with Gasteiger partial charge in [-0.2, -0.15) is 0 Å². The van der Waals surface area contributed by atoms with Crippen molar-refractivity contribution < 1.29 is 9.47 Å². The Hall–Kier alpha value is -0.600. The van der Waals surface area contributed by atoms with E-state index >= 15 is 0 Å². The Morgan fingerprint density at radius 3 is 1.71 bits per heavy atom. The van der Waals surface area contributed by atoms with Crippen molar-refractivity contribution in [2.45, 2.75) is 13.8 Å². The summed E-state index contributed by atoms with van der Waals surface area (Å²) in [5.74, 6) is 1.03. The molecule has 0 spiro atoms. The molecule has 0 amide bonds. The number of rotatable bonds is 9. The van der Waals surface area contributed by atoms with Crippen molar-refractivity contribution in [3.05, 3.63) is 25.3 Å². The summed E-state index contributed by atoms with van der Waals surface area (Å²) in [5, 5.41) is 0. The standard InChI is InChI=1S/C12H22O2/c1-5-7-13-9-12(11(3)4)10-14-8-6-2/h5-6,11-12H,1-2,7-10H2,3-4H3. The molecule has 0 N–H and O–H groups in total. The van der Waals surface area contributed by atoms with Crippen LogP contribution in [-0.4, -0.2) is 26.4 Å². The highest BCUT2D eigenvalue weighted by molar-refractivity contribution is 4.68. The quantitative estimate of drug-likeness (QED) is 0.419. The van der Waals surface area contributed by atoms with Crippen LogP contribution in [-0.2, 0) is 9.47 Å². The maximum atomic E-state index is 5.41. The summed E-state index contributed by atoms with van der Waals surface area (Å²) in [5.41, 5.74) is 0. The molecule has 0 aliphatic heterocycles. The summed E-state index contributed by atoms with van der Waals surface area (Å²) >= 11 is 0. The summed E-state index contributed by atoms with van der Waals surface area (Å²) in [6.45, 7) is 14.3. The predicted molar refractivity (Wildman–Crippen MR) is 60.4 cm³/mol. The first-order chi connectivity index (χ1) is 6.72. The van der Waals surface area contributed by atoms with Crippen molar-refractivity contribution in [3.63, 3.8) is 0 Å². The van der Waals surface area contributed by atoms with Crippen LogP contribution in [0.3, 0.4) is 0 Å². The van der Waals surface area contributed by atoms with Crippen LogP contribution in [0.2, 0.25) is 0 Å². The highest BCUT2D eigenvalue weighted by Gasteiger charge is 2.13. The summed E-state index contributed by atoms with van der Waals surface area (Å²) in [7, 11) is 0. The molecule has 14 heavy (non-hydrogen) atoms.